The van der Waals surface area contributed by atoms with E-state index in [1.807, 2.05) is 26.0 Å². The number of rotatable bonds is 8. The average molecular weight is 455 g/mol. The summed E-state index contributed by atoms with van der Waals surface area (Å²) < 4.78 is 1.73. The first-order valence-electron chi connectivity index (χ1n) is 9.68. The van der Waals surface area contributed by atoms with Gasteiger partial charge in [0.05, 0.1) is 16.7 Å². The fourth-order valence-corrected chi connectivity index (χ4v) is 3.59. The summed E-state index contributed by atoms with van der Waals surface area (Å²) in [5.74, 6) is 0.141. The number of aryl methyl sites for hydroxylation is 1. The van der Waals surface area contributed by atoms with Crippen molar-refractivity contribution in [2.45, 2.75) is 25.0 Å². The van der Waals surface area contributed by atoms with Gasteiger partial charge in [-0.15, -0.1) is 10.2 Å². The second-order valence-corrected chi connectivity index (χ2v) is 8.04. The van der Waals surface area contributed by atoms with E-state index in [0.29, 0.717) is 22.2 Å². The molecule has 1 atom stereocenters. The third-order valence-corrected chi connectivity index (χ3v) is 5.63. The zero-order valence-electron chi connectivity index (χ0n) is 17.7. The molecule has 0 spiro atoms. The molecular weight excluding hydrogens is 432 g/mol. The number of amides is 2. The lowest BCUT2D eigenvalue weighted by Crippen LogP contribution is -2.28. The third kappa shape index (κ3) is 5.70. The SMILES string of the molecule is Cc1ccc(C(=O)N[C@H](C)c2nnc(SCC(=O)Nc3ccc([N+](=O)[O-])cc3)n2C)cc1. The fourth-order valence-electron chi connectivity index (χ4n) is 2.87. The minimum atomic E-state index is -0.503. The first-order chi connectivity index (χ1) is 15.2. The summed E-state index contributed by atoms with van der Waals surface area (Å²) in [4.78, 5) is 34.8. The molecule has 0 saturated heterocycles. The van der Waals surface area contributed by atoms with Crippen LogP contribution in [0, 0.1) is 17.0 Å². The van der Waals surface area contributed by atoms with Crippen LogP contribution in [0.2, 0.25) is 0 Å². The maximum absolute atomic E-state index is 12.4. The highest BCUT2D eigenvalue weighted by atomic mass is 32.2. The highest BCUT2D eigenvalue weighted by molar-refractivity contribution is 7.99. The Bertz CT molecular complexity index is 1130. The quantitative estimate of drug-likeness (QED) is 0.303. The van der Waals surface area contributed by atoms with E-state index >= 15 is 0 Å². The predicted molar refractivity (Wildman–Crippen MR) is 121 cm³/mol. The summed E-state index contributed by atoms with van der Waals surface area (Å²) in [5.41, 5.74) is 2.05. The topological polar surface area (TPSA) is 132 Å². The van der Waals surface area contributed by atoms with Crippen LogP contribution >= 0.6 is 11.8 Å². The molecule has 0 bridgehead atoms. The van der Waals surface area contributed by atoms with Gasteiger partial charge in [-0.05, 0) is 38.1 Å². The van der Waals surface area contributed by atoms with E-state index in [1.165, 1.54) is 36.0 Å². The molecule has 166 valence electrons. The van der Waals surface area contributed by atoms with Gasteiger partial charge < -0.3 is 15.2 Å². The van der Waals surface area contributed by atoms with Crippen LogP contribution in [0.15, 0.2) is 53.7 Å². The van der Waals surface area contributed by atoms with Crippen molar-refractivity contribution in [3.05, 3.63) is 75.6 Å². The second-order valence-electron chi connectivity index (χ2n) is 7.10. The Morgan fingerprint density at radius 1 is 1.12 bits per heavy atom. The van der Waals surface area contributed by atoms with Crippen molar-refractivity contribution in [1.29, 1.82) is 0 Å². The molecule has 2 N–H and O–H groups in total. The van der Waals surface area contributed by atoms with Gasteiger partial charge in [0.1, 0.15) is 0 Å². The molecule has 0 fully saturated rings. The van der Waals surface area contributed by atoms with Gasteiger partial charge in [0.25, 0.3) is 11.6 Å². The Morgan fingerprint density at radius 2 is 1.78 bits per heavy atom. The lowest BCUT2D eigenvalue weighted by Gasteiger charge is -2.13. The molecule has 0 saturated carbocycles. The Morgan fingerprint density at radius 3 is 2.41 bits per heavy atom. The Kier molecular flexibility index (Phi) is 7.21. The maximum atomic E-state index is 12.4. The standard InChI is InChI=1S/C21H22N6O4S/c1-13-4-6-15(7-5-13)20(29)22-14(2)19-24-25-21(26(19)3)32-12-18(28)23-16-8-10-17(11-9-16)27(30)31/h4-11,14H,12H2,1-3H3,(H,22,29)(H,23,28)/t14-/m1/s1. The molecule has 2 amide bonds. The number of carbonyl (C=O) groups is 2. The minimum Gasteiger partial charge on any atom is -0.342 e. The predicted octanol–water partition coefficient (Wildman–Crippen LogP) is 3.25. The average Bonchev–Trinajstić information content (AvgIpc) is 3.13. The molecule has 0 unspecified atom stereocenters. The molecule has 1 heterocycles. The molecule has 0 aliphatic rings. The van der Waals surface area contributed by atoms with Gasteiger partial charge in [0.2, 0.25) is 5.91 Å². The summed E-state index contributed by atoms with van der Waals surface area (Å²) in [7, 11) is 1.76. The van der Waals surface area contributed by atoms with Gasteiger partial charge in [-0.25, -0.2) is 0 Å². The Hall–Kier alpha value is -3.73. The molecule has 32 heavy (non-hydrogen) atoms. The van der Waals surface area contributed by atoms with Crippen LogP contribution in [0.25, 0.3) is 0 Å². The zero-order valence-corrected chi connectivity index (χ0v) is 18.5. The number of carbonyl (C=O) groups excluding carboxylic acids is 2. The van der Waals surface area contributed by atoms with Crippen molar-refractivity contribution in [2.24, 2.45) is 7.05 Å². The van der Waals surface area contributed by atoms with E-state index < -0.39 is 4.92 Å². The summed E-state index contributed by atoms with van der Waals surface area (Å²) in [6.45, 7) is 3.76. The molecule has 2 aromatic carbocycles. The van der Waals surface area contributed by atoms with Crippen LogP contribution in [-0.4, -0.2) is 37.3 Å². The molecular formula is C21H22N6O4S. The number of nitro benzene ring substituents is 1. The number of hydrogen-bond acceptors (Lipinski definition) is 7. The summed E-state index contributed by atoms with van der Waals surface area (Å²) in [5, 5.41) is 25.0. The number of hydrogen-bond donors (Lipinski definition) is 2. The molecule has 3 rings (SSSR count). The van der Waals surface area contributed by atoms with Crippen molar-refractivity contribution in [1.82, 2.24) is 20.1 Å². The Balaban J connectivity index is 1.55. The van der Waals surface area contributed by atoms with E-state index in [1.54, 1.807) is 23.7 Å². The smallest absolute Gasteiger partial charge is 0.269 e. The molecule has 11 heteroatoms. The van der Waals surface area contributed by atoms with Crippen LogP contribution in [0.5, 0.6) is 0 Å². The van der Waals surface area contributed by atoms with Crippen molar-refractivity contribution < 1.29 is 14.5 Å². The molecule has 10 nitrogen and oxygen atoms in total. The van der Waals surface area contributed by atoms with Gasteiger partial charge in [0, 0.05) is 30.4 Å². The summed E-state index contributed by atoms with van der Waals surface area (Å²) >= 11 is 1.19. The van der Waals surface area contributed by atoms with E-state index in [9.17, 15) is 19.7 Å². The number of benzene rings is 2. The number of nitrogens with one attached hydrogen (secondary N) is 2. The summed E-state index contributed by atoms with van der Waals surface area (Å²) in [6, 6.07) is 12.5. The van der Waals surface area contributed by atoms with Crippen LogP contribution < -0.4 is 10.6 Å². The lowest BCUT2D eigenvalue weighted by atomic mass is 10.1. The van der Waals surface area contributed by atoms with Crippen LogP contribution in [0.1, 0.15) is 34.7 Å². The number of nitro groups is 1. The molecule has 0 aliphatic heterocycles. The number of thioether (sulfide) groups is 1. The largest absolute Gasteiger partial charge is 0.342 e. The van der Waals surface area contributed by atoms with Gasteiger partial charge in [-0.2, -0.15) is 0 Å². The number of anilines is 1. The van der Waals surface area contributed by atoms with Gasteiger partial charge in [-0.1, -0.05) is 29.5 Å². The van der Waals surface area contributed by atoms with Crippen molar-refractivity contribution >= 4 is 35.0 Å². The van der Waals surface area contributed by atoms with Gasteiger partial charge >= 0.3 is 0 Å². The maximum Gasteiger partial charge on any atom is 0.269 e. The minimum absolute atomic E-state index is 0.0485. The molecule has 0 aliphatic carbocycles. The third-order valence-electron chi connectivity index (χ3n) is 4.61. The normalized spacial score (nSPS) is 11.6. The van der Waals surface area contributed by atoms with Crippen molar-refractivity contribution in [2.75, 3.05) is 11.1 Å². The van der Waals surface area contributed by atoms with Crippen molar-refractivity contribution in [3.8, 4) is 0 Å². The number of non-ortho nitro benzene ring substituents is 1. The van der Waals surface area contributed by atoms with Crippen LogP contribution in [0.3, 0.4) is 0 Å². The monoisotopic (exact) mass is 454 g/mol. The number of aromatic nitrogens is 3. The van der Waals surface area contributed by atoms with E-state index in [-0.39, 0.29) is 29.3 Å². The van der Waals surface area contributed by atoms with Crippen LogP contribution in [-0.2, 0) is 11.8 Å². The van der Waals surface area contributed by atoms with Crippen LogP contribution in [0.4, 0.5) is 11.4 Å². The van der Waals surface area contributed by atoms with Gasteiger partial charge in [-0.3, -0.25) is 19.7 Å². The first kappa shape index (κ1) is 22.9. The molecule has 1 aromatic heterocycles. The number of nitrogens with zero attached hydrogens (tertiary/aromatic N) is 4. The van der Waals surface area contributed by atoms with E-state index in [2.05, 4.69) is 20.8 Å². The molecule has 3 aromatic rings. The zero-order chi connectivity index (χ0) is 23.3. The first-order valence-corrected chi connectivity index (χ1v) is 10.7. The molecule has 0 radical (unpaired) electrons. The second kappa shape index (κ2) is 10.1. The highest BCUT2D eigenvalue weighted by Crippen LogP contribution is 2.20. The fraction of sp³-hybridized carbons (Fsp3) is 0.238. The lowest BCUT2D eigenvalue weighted by molar-refractivity contribution is -0.384. The van der Waals surface area contributed by atoms with Gasteiger partial charge in [0.15, 0.2) is 11.0 Å². The van der Waals surface area contributed by atoms with E-state index in [4.69, 9.17) is 0 Å². The van der Waals surface area contributed by atoms with Crippen molar-refractivity contribution in [3.63, 3.8) is 0 Å². The van der Waals surface area contributed by atoms with E-state index in [0.717, 1.165) is 5.56 Å². The summed E-state index contributed by atoms with van der Waals surface area (Å²) in [6.07, 6.45) is 0. The Labute approximate surface area is 188 Å². The highest BCUT2D eigenvalue weighted by Gasteiger charge is 2.19.